The van der Waals surface area contributed by atoms with Crippen LogP contribution in [0.2, 0.25) is 0 Å². The zero-order valence-corrected chi connectivity index (χ0v) is 13.2. The Morgan fingerprint density at radius 1 is 1.30 bits per heavy atom. The summed E-state index contributed by atoms with van der Waals surface area (Å²) in [5, 5.41) is 9.56. The van der Waals surface area contributed by atoms with Crippen molar-refractivity contribution in [1.29, 1.82) is 5.26 Å². The maximum atomic E-state index is 12.1. The van der Waals surface area contributed by atoms with E-state index in [-0.39, 0.29) is 23.9 Å². The lowest BCUT2D eigenvalue weighted by Crippen LogP contribution is -2.39. The monoisotopic (exact) mass is 323 g/mol. The lowest BCUT2D eigenvalue weighted by molar-refractivity contribution is -0.275. The fourth-order valence-corrected chi connectivity index (χ4v) is 1.71. The number of guanidine groups is 1. The van der Waals surface area contributed by atoms with Crippen LogP contribution in [0.1, 0.15) is 33.1 Å². The van der Waals surface area contributed by atoms with Gasteiger partial charge in [0.25, 0.3) is 5.96 Å². The summed E-state index contributed by atoms with van der Waals surface area (Å²) in [6, 6.07) is 1.68. The van der Waals surface area contributed by atoms with Crippen molar-refractivity contribution < 1.29 is 19.3 Å². The number of rotatable bonds is 6. The molecule has 0 spiro atoms. The molecule has 0 saturated heterocycles. The first-order valence-corrected chi connectivity index (χ1v) is 7.28. The quantitative estimate of drug-likeness (QED) is 0.399. The summed E-state index contributed by atoms with van der Waals surface area (Å²) in [5.74, 6) is -1.94. The van der Waals surface area contributed by atoms with Crippen LogP contribution in [0.3, 0.4) is 0 Å². The molecule has 0 aromatic rings. The highest BCUT2D eigenvalue weighted by Crippen LogP contribution is 2.20. The molecule has 0 saturated carbocycles. The zero-order chi connectivity index (χ0) is 17.4. The van der Waals surface area contributed by atoms with Crippen LogP contribution >= 0.6 is 0 Å². The highest BCUT2D eigenvalue weighted by Gasteiger charge is 2.33. The van der Waals surface area contributed by atoms with Gasteiger partial charge in [-0.2, -0.15) is 5.26 Å². The van der Waals surface area contributed by atoms with E-state index in [0.717, 1.165) is 0 Å². The Morgan fingerprint density at radius 3 is 2.52 bits per heavy atom. The largest absolute Gasteiger partial charge is 0.378 e. The molecule has 0 radical (unpaired) electrons. The molecule has 0 aromatic heterocycles. The Balaban J connectivity index is 2.96. The number of carbonyl (C=O) groups is 2. The Labute approximate surface area is 134 Å². The van der Waals surface area contributed by atoms with Crippen LogP contribution in [0.5, 0.6) is 0 Å². The second kappa shape index (κ2) is 8.75. The molecule has 9 nitrogen and oxygen atoms in total. The summed E-state index contributed by atoms with van der Waals surface area (Å²) >= 11 is 0. The van der Waals surface area contributed by atoms with Gasteiger partial charge in [0.05, 0.1) is 5.57 Å². The molecule has 0 aliphatic carbocycles. The third kappa shape index (κ3) is 5.27. The smallest absolute Gasteiger partial charge is 0.364 e. The maximum Gasteiger partial charge on any atom is 0.378 e. The lowest BCUT2D eigenvalue weighted by atomic mass is 10.0. The molecule has 9 heteroatoms. The van der Waals surface area contributed by atoms with Crippen molar-refractivity contribution in [3.8, 4) is 6.07 Å². The average Bonchev–Trinajstić information content (AvgIpc) is 2.62. The molecule has 23 heavy (non-hydrogen) atoms. The van der Waals surface area contributed by atoms with Gasteiger partial charge in [0.15, 0.2) is 0 Å². The highest BCUT2D eigenvalue weighted by atomic mass is 17.0. The topological polar surface area (TPSA) is 144 Å². The Morgan fingerprint density at radius 2 is 1.96 bits per heavy atom. The van der Waals surface area contributed by atoms with Gasteiger partial charge in [0.1, 0.15) is 11.6 Å². The summed E-state index contributed by atoms with van der Waals surface area (Å²) in [4.78, 5) is 37.8. The van der Waals surface area contributed by atoms with Crippen LogP contribution in [0, 0.1) is 17.2 Å². The van der Waals surface area contributed by atoms with Crippen LogP contribution < -0.4 is 11.5 Å². The van der Waals surface area contributed by atoms with Crippen molar-refractivity contribution in [3.63, 3.8) is 0 Å². The number of aliphatic imine (C=N–C) groups is 1. The Bertz CT molecular complexity index is 562. The van der Waals surface area contributed by atoms with E-state index in [9.17, 15) is 9.59 Å². The van der Waals surface area contributed by atoms with Crippen molar-refractivity contribution in [2.45, 2.75) is 33.1 Å². The predicted molar refractivity (Wildman–Crippen MR) is 80.9 cm³/mol. The number of hydrogen-bond donors (Lipinski definition) is 2. The molecule has 1 rings (SSSR count). The number of hydroxylamine groups is 2. The van der Waals surface area contributed by atoms with E-state index in [2.05, 4.69) is 4.99 Å². The molecule has 1 aliphatic rings. The number of hydrogen-bond acceptors (Lipinski definition) is 7. The standard InChI is InChI=1S/C14H21N5O4/c1-9(2)8-18-14(17)19-22-12(20)10(5-3-4-6-15)11(7-16)13(21)23-19/h9H,3-6,8,15H2,1-2H3,(H2,17,18). The third-order valence-electron chi connectivity index (χ3n) is 2.88. The number of unbranched alkanes of at least 4 members (excludes halogenated alkanes) is 1. The molecule has 126 valence electrons. The van der Waals surface area contributed by atoms with E-state index >= 15 is 0 Å². The lowest BCUT2D eigenvalue weighted by Gasteiger charge is -2.17. The first-order valence-electron chi connectivity index (χ1n) is 7.28. The second-order valence-corrected chi connectivity index (χ2v) is 5.32. The average molecular weight is 323 g/mol. The first-order chi connectivity index (χ1) is 10.9. The van der Waals surface area contributed by atoms with Crippen molar-refractivity contribution in [1.82, 2.24) is 5.23 Å². The number of nitriles is 1. The van der Waals surface area contributed by atoms with Gasteiger partial charge >= 0.3 is 11.9 Å². The van der Waals surface area contributed by atoms with Crippen molar-refractivity contribution >= 4 is 17.9 Å². The molecule has 1 heterocycles. The van der Waals surface area contributed by atoms with E-state index in [1.165, 1.54) is 0 Å². The minimum absolute atomic E-state index is 0.0508. The molecule has 0 fully saturated rings. The highest BCUT2D eigenvalue weighted by molar-refractivity contribution is 6.04. The predicted octanol–water partition coefficient (Wildman–Crippen LogP) is 0.138. The normalized spacial score (nSPS) is 16.1. The van der Waals surface area contributed by atoms with Crippen molar-refractivity contribution in [3.05, 3.63) is 11.1 Å². The summed E-state index contributed by atoms with van der Waals surface area (Å²) in [7, 11) is 0. The molecule has 0 aromatic carbocycles. The third-order valence-corrected chi connectivity index (χ3v) is 2.88. The summed E-state index contributed by atoms with van der Waals surface area (Å²) in [5.41, 5.74) is 10.6. The molecule has 1 aliphatic heterocycles. The second-order valence-electron chi connectivity index (χ2n) is 5.32. The molecule has 4 N–H and O–H groups in total. The number of nitrogens with two attached hydrogens (primary N) is 2. The minimum atomic E-state index is -1.01. The molecule has 0 bridgehead atoms. The van der Waals surface area contributed by atoms with E-state index in [1.807, 2.05) is 13.8 Å². The van der Waals surface area contributed by atoms with E-state index in [1.54, 1.807) is 6.07 Å². The van der Waals surface area contributed by atoms with Crippen LogP contribution in [0.4, 0.5) is 0 Å². The minimum Gasteiger partial charge on any atom is -0.364 e. The van der Waals surface area contributed by atoms with Gasteiger partial charge in [-0.15, -0.1) is 0 Å². The summed E-state index contributed by atoms with van der Waals surface area (Å²) in [6.07, 6.45) is 1.37. The zero-order valence-electron chi connectivity index (χ0n) is 13.2. The van der Waals surface area contributed by atoms with Gasteiger partial charge < -0.3 is 11.5 Å². The van der Waals surface area contributed by atoms with Gasteiger partial charge in [-0.1, -0.05) is 13.8 Å². The van der Waals surface area contributed by atoms with Crippen LogP contribution in [0.25, 0.3) is 0 Å². The fourth-order valence-electron chi connectivity index (χ4n) is 1.71. The van der Waals surface area contributed by atoms with Gasteiger partial charge in [0.2, 0.25) is 0 Å². The molecular formula is C14H21N5O4. The van der Waals surface area contributed by atoms with Crippen molar-refractivity contribution in [2.24, 2.45) is 22.4 Å². The fraction of sp³-hybridized carbons (Fsp3) is 0.571. The summed E-state index contributed by atoms with van der Waals surface area (Å²) < 4.78 is 0. The van der Waals surface area contributed by atoms with Crippen LogP contribution in [0.15, 0.2) is 16.1 Å². The molecule has 0 amide bonds. The van der Waals surface area contributed by atoms with Crippen LogP contribution in [-0.4, -0.2) is 36.2 Å². The molecule has 0 unspecified atom stereocenters. The van der Waals surface area contributed by atoms with E-state index in [0.29, 0.717) is 31.2 Å². The van der Waals surface area contributed by atoms with Gasteiger partial charge in [-0.3, -0.25) is 9.68 Å². The Kier molecular flexibility index (Phi) is 7.02. The number of nitrogens with zero attached hydrogens (tertiary/aromatic N) is 3. The first kappa shape index (κ1) is 18.4. The van der Waals surface area contributed by atoms with Gasteiger partial charge in [-0.25, -0.2) is 14.6 Å². The SMILES string of the molecule is CC(C)CN=C(N)N1OC(=O)C(C#N)=C(CCCCN)C(=O)O1. The van der Waals surface area contributed by atoms with Gasteiger partial charge in [0, 0.05) is 11.8 Å². The molecule has 0 atom stereocenters. The van der Waals surface area contributed by atoms with Gasteiger partial charge in [-0.05, 0) is 31.7 Å². The Hall–Kier alpha value is -2.60. The summed E-state index contributed by atoms with van der Waals surface area (Å²) in [6.45, 7) is 4.64. The van der Waals surface area contributed by atoms with E-state index in [4.69, 9.17) is 26.4 Å². The number of carbonyl (C=O) groups excluding carboxylic acids is 2. The molecular weight excluding hydrogens is 302 g/mol. The van der Waals surface area contributed by atoms with E-state index < -0.39 is 17.5 Å². The van der Waals surface area contributed by atoms with Crippen LogP contribution in [-0.2, 0) is 19.3 Å². The van der Waals surface area contributed by atoms with Crippen molar-refractivity contribution in [2.75, 3.05) is 13.1 Å². The maximum absolute atomic E-state index is 12.1.